The molecule has 3 aromatic rings. The summed E-state index contributed by atoms with van der Waals surface area (Å²) >= 11 is 0. The second-order valence-corrected chi connectivity index (χ2v) is 6.70. The second kappa shape index (κ2) is 7.11. The van der Waals surface area contributed by atoms with Crippen LogP contribution >= 0.6 is 0 Å². The third kappa shape index (κ3) is 3.49. The van der Waals surface area contributed by atoms with Crippen molar-refractivity contribution in [3.05, 3.63) is 77.9 Å². The predicted molar refractivity (Wildman–Crippen MR) is 105 cm³/mol. The fourth-order valence-corrected chi connectivity index (χ4v) is 3.51. The maximum atomic E-state index is 12.7. The Labute approximate surface area is 157 Å². The zero-order valence-electron chi connectivity index (χ0n) is 14.8. The van der Waals surface area contributed by atoms with E-state index < -0.39 is 5.97 Å². The Hall–Kier alpha value is -3.34. The summed E-state index contributed by atoms with van der Waals surface area (Å²) in [6.45, 7) is 2.73. The van der Waals surface area contributed by atoms with Crippen molar-refractivity contribution < 1.29 is 14.7 Å². The van der Waals surface area contributed by atoms with Gasteiger partial charge in [-0.05, 0) is 41.1 Å². The molecule has 1 aliphatic heterocycles. The van der Waals surface area contributed by atoms with Crippen molar-refractivity contribution in [1.82, 2.24) is 4.90 Å². The SMILES string of the molecule is O=C(O)c1cccc(C(=O)N2CCN(c3ccc4ccccc4c3)CC2)c1. The van der Waals surface area contributed by atoms with E-state index in [0.717, 1.165) is 18.8 Å². The maximum absolute atomic E-state index is 12.7. The smallest absolute Gasteiger partial charge is 0.335 e. The third-order valence-electron chi connectivity index (χ3n) is 5.02. The molecule has 0 aliphatic carbocycles. The summed E-state index contributed by atoms with van der Waals surface area (Å²) in [7, 11) is 0. The first-order valence-corrected chi connectivity index (χ1v) is 8.98. The highest BCUT2D eigenvalue weighted by atomic mass is 16.4. The molecular formula is C22H20N2O3. The quantitative estimate of drug-likeness (QED) is 0.777. The molecule has 0 spiro atoms. The number of carbonyl (C=O) groups excluding carboxylic acids is 1. The summed E-state index contributed by atoms with van der Waals surface area (Å²) < 4.78 is 0. The van der Waals surface area contributed by atoms with Crippen LogP contribution in [-0.2, 0) is 0 Å². The van der Waals surface area contributed by atoms with Gasteiger partial charge in [0.05, 0.1) is 5.56 Å². The molecular weight excluding hydrogens is 340 g/mol. The molecule has 5 heteroatoms. The Bertz CT molecular complexity index is 1010. The lowest BCUT2D eigenvalue weighted by molar-refractivity contribution is 0.0697. The lowest BCUT2D eigenvalue weighted by Gasteiger charge is -2.36. The molecule has 0 radical (unpaired) electrons. The summed E-state index contributed by atoms with van der Waals surface area (Å²) in [5.74, 6) is -1.14. The molecule has 1 fully saturated rings. The lowest BCUT2D eigenvalue weighted by atomic mass is 10.1. The third-order valence-corrected chi connectivity index (χ3v) is 5.02. The summed E-state index contributed by atoms with van der Waals surface area (Å²) in [6, 6.07) is 20.9. The predicted octanol–water partition coefficient (Wildman–Crippen LogP) is 3.50. The second-order valence-electron chi connectivity index (χ2n) is 6.70. The van der Waals surface area contributed by atoms with Gasteiger partial charge < -0.3 is 14.9 Å². The molecule has 0 unspecified atom stereocenters. The average molecular weight is 360 g/mol. The topological polar surface area (TPSA) is 60.9 Å². The summed E-state index contributed by atoms with van der Waals surface area (Å²) in [6.07, 6.45) is 0. The van der Waals surface area contributed by atoms with E-state index in [0.29, 0.717) is 18.7 Å². The van der Waals surface area contributed by atoms with E-state index in [1.807, 2.05) is 12.1 Å². The molecule has 4 rings (SSSR count). The van der Waals surface area contributed by atoms with Crippen LogP contribution < -0.4 is 4.90 Å². The first kappa shape index (κ1) is 17.1. The van der Waals surface area contributed by atoms with Crippen LogP contribution in [0.1, 0.15) is 20.7 Å². The Kier molecular flexibility index (Phi) is 4.50. The van der Waals surface area contributed by atoms with Crippen molar-refractivity contribution >= 4 is 28.3 Å². The monoisotopic (exact) mass is 360 g/mol. The van der Waals surface area contributed by atoms with Crippen molar-refractivity contribution in [1.29, 1.82) is 0 Å². The number of fused-ring (bicyclic) bond motifs is 1. The molecule has 1 heterocycles. The molecule has 5 nitrogen and oxygen atoms in total. The van der Waals surface area contributed by atoms with Gasteiger partial charge in [0, 0.05) is 37.4 Å². The number of aromatic carboxylic acids is 1. The maximum Gasteiger partial charge on any atom is 0.335 e. The Morgan fingerprint density at radius 3 is 2.19 bits per heavy atom. The minimum atomic E-state index is -1.02. The molecule has 0 bridgehead atoms. The van der Waals surface area contributed by atoms with Gasteiger partial charge in [-0.3, -0.25) is 4.79 Å². The number of amides is 1. The number of rotatable bonds is 3. The first-order chi connectivity index (χ1) is 13.1. The van der Waals surface area contributed by atoms with E-state index in [9.17, 15) is 9.59 Å². The van der Waals surface area contributed by atoms with Gasteiger partial charge >= 0.3 is 5.97 Å². The van der Waals surface area contributed by atoms with Crippen molar-refractivity contribution in [2.75, 3.05) is 31.1 Å². The highest BCUT2D eigenvalue weighted by molar-refractivity contribution is 5.97. The van der Waals surface area contributed by atoms with Gasteiger partial charge in [0.25, 0.3) is 5.91 Å². The number of carboxylic acid groups (broad SMARTS) is 1. The fourth-order valence-electron chi connectivity index (χ4n) is 3.51. The van der Waals surface area contributed by atoms with Gasteiger partial charge in [0.1, 0.15) is 0 Å². The summed E-state index contributed by atoms with van der Waals surface area (Å²) in [4.78, 5) is 27.9. The molecule has 1 aliphatic rings. The molecule has 1 N–H and O–H groups in total. The van der Waals surface area contributed by atoms with Crippen molar-refractivity contribution in [2.45, 2.75) is 0 Å². The van der Waals surface area contributed by atoms with Crippen LogP contribution in [0.2, 0.25) is 0 Å². The highest BCUT2D eigenvalue weighted by Crippen LogP contribution is 2.23. The van der Waals surface area contributed by atoms with E-state index in [1.165, 1.54) is 22.9 Å². The Balaban J connectivity index is 1.45. The standard InChI is InChI=1S/C22H20N2O3/c25-21(18-6-3-7-19(14-18)22(26)27)24-12-10-23(11-13-24)20-9-8-16-4-1-2-5-17(16)15-20/h1-9,14-15H,10-13H2,(H,26,27). The largest absolute Gasteiger partial charge is 0.478 e. The number of nitrogens with zero attached hydrogens (tertiary/aromatic N) is 2. The highest BCUT2D eigenvalue weighted by Gasteiger charge is 2.23. The molecule has 3 aromatic carbocycles. The number of carboxylic acids is 1. The summed E-state index contributed by atoms with van der Waals surface area (Å²) in [5, 5.41) is 11.5. The van der Waals surface area contributed by atoms with Crippen LogP contribution in [0.15, 0.2) is 66.7 Å². The number of benzene rings is 3. The van der Waals surface area contributed by atoms with Crippen LogP contribution in [0, 0.1) is 0 Å². The van der Waals surface area contributed by atoms with Crippen LogP contribution in [0.3, 0.4) is 0 Å². The van der Waals surface area contributed by atoms with E-state index in [4.69, 9.17) is 5.11 Å². The zero-order valence-corrected chi connectivity index (χ0v) is 14.8. The van der Waals surface area contributed by atoms with Crippen molar-refractivity contribution in [2.24, 2.45) is 0 Å². The summed E-state index contributed by atoms with van der Waals surface area (Å²) in [5.41, 5.74) is 1.72. The molecule has 1 amide bonds. The van der Waals surface area contributed by atoms with Gasteiger partial charge in [-0.15, -0.1) is 0 Å². The molecule has 0 aromatic heterocycles. The number of hydrogen-bond acceptors (Lipinski definition) is 3. The number of carbonyl (C=O) groups is 2. The van der Waals surface area contributed by atoms with Crippen molar-refractivity contribution in [3.63, 3.8) is 0 Å². The van der Waals surface area contributed by atoms with Crippen molar-refractivity contribution in [3.8, 4) is 0 Å². The number of piperazine rings is 1. The minimum Gasteiger partial charge on any atom is -0.478 e. The Morgan fingerprint density at radius 2 is 1.44 bits per heavy atom. The zero-order chi connectivity index (χ0) is 18.8. The van der Waals surface area contributed by atoms with Gasteiger partial charge in [-0.1, -0.05) is 36.4 Å². The fraction of sp³-hybridized carbons (Fsp3) is 0.182. The van der Waals surface area contributed by atoms with Gasteiger partial charge in [-0.2, -0.15) is 0 Å². The number of anilines is 1. The average Bonchev–Trinajstić information content (AvgIpc) is 2.73. The first-order valence-electron chi connectivity index (χ1n) is 8.98. The number of hydrogen-bond donors (Lipinski definition) is 1. The van der Waals surface area contributed by atoms with Crippen LogP contribution in [0.25, 0.3) is 10.8 Å². The minimum absolute atomic E-state index is 0.115. The van der Waals surface area contributed by atoms with E-state index in [2.05, 4.69) is 35.2 Å². The van der Waals surface area contributed by atoms with E-state index in [1.54, 1.807) is 17.0 Å². The van der Waals surface area contributed by atoms with E-state index >= 15 is 0 Å². The lowest BCUT2D eigenvalue weighted by Crippen LogP contribution is -2.48. The molecule has 27 heavy (non-hydrogen) atoms. The normalized spacial score (nSPS) is 14.4. The molecule has 136 valence electrons. The van der Waals surface area contributed by atoms with Crippen LogP contribution in [-0.4, -0.2) is 48.1 Å². The molecule has 0 atom stereocenters. The molecule has 1 saturated heterocycles. The Morgan fingerprint density at radius 1 is 0.741 bits per heavy atom. The molecule has 0 saturated carbocycles. The van der Waals surface area contributed by atoms with Crippen LogP contribution in [0.5, 0.6) is 0 Å². The van der Waals surface area contributed by atoms with E-state index in [-0.39, 0.29) is 11.5 Å². The van der Waals surface area contributed by atoms with Gasteiger partial charge in [-0.25, -0.2) is 4.79 Å². The van der Waals surface area contributed by atoms with Gasteiger partial charge in [0.2, 0.25) is 0 Å². The van der Waals surface area contributed by atoms with Crippen LogP contribution in [0.4, 0.5) is 5.69 Å². The van der Waals surface area contributed by atoms with Gasteiger partial charge in [0.15, 0.2) is 0 Å².